The number of hydroxylamine groups is 2. The average molecular weight is 468 g/mol. The molecule has 2 heterocycles. The van der Waals surface area contributed by atoms with Crippen molar-refractivity contribution < 1.29 is 22.8 Å². The van der Waals surface area contributed by atoms with Crippen molar-refractivity contribution in [2.24, 2.45) is 11.8 Å². The van der Waals surface area contributed by atoms with Gasteiger partial charge in [-0.05, 0) is 55.4 Å². The van der Waals surface area contributed by atoms with Crippen molar-refractivity contribution in [2.45, 2.75) is 44.7 Å². The minimum atomic E-state index is -0.675. The monoisotopic (exact) mass is 468 g/mol. The van der Waals surface area contributed by atoms with Crippen molar-refractivity contribution in [3.63, 3.8) is 0 Å². The Morgan fingerprint density at radius 1 is 1.06 bits per heavy atom. The Morgan fingerprint density at radius 2 is 1.79 bits per heavy atom. The molecule has 2 aromatic carbocycles. The Morgan fingerprint density at radius 3 is 2.50 bits per heavy atom. The molecule has 1 saturated carbocycles. The molecule has 0 unspecified atom stereocenters. The quantitative estimate of drug-likeness (QED) is 0.538. The van der Waals surface area contributed by atoms with Gasteiger partial charge < -0.3 is 4.57 Å². The van der Waals surface area contributed by atoms with Gasteiger partial charge in [0.15, 0.2) is 0 Å². The Labute approximate surface area is 194 Å². The van der Waals surface area contributed by atoms with Gasteiger partial charge in [-0.1, -0.05) is 0 Å². The van der Waals surface area contributed by atoms with Crippen molar-refractivity contribution in [1.29, 1.82) is 5.26 Å². The molecule has 1 saturated heterocycles. The van der Waals surface area contributed by atoms with Crippen LogP contribution in [-0.4, -0.2) is 27.1 Å². The molecule has 1 aliphatic carbocycles. The maximum Gasteiger partial charge on any atom is 0.249 e. The van der Waals surface area contributed by atoms with Crippen molar-refractivity contribution in [2.75, 3.05) is 6.61 Å². The molecule has 1 aliphatic heterocycles. The van der Waals surface area contributed by atoms with Gasteiger partial charge in [0, 0.05) is 31.0 Å². The predicted molar refractivity (Wildman–Crippen MR) is 116 cm³/mol. The predicted octanol–water partition coefficient (Wildman–Crippen LogP) is 5.04. The zero-order valence-electron chi connectivity index (χ0n) is 18.4. The minimum absolute atomic E-state index is 0.0276. The first kappa shape index (κ1) is 22.4. The molecule has 1 amide bonds. The molecule has 9 heteroatoms. The van der Waals surface area contributed by atoms with Gasteiger partial charge in [-0.25, -0.2) is 23.2 Å². The molecule has 2 fully saturated rings. The van der Waals surface area contributed by atoms with Gasteiger partial charge in [0.25, 0.3) is 0 Å². The molecule has 0 radical (unpaired) electrons. The van der Waals surface area contributed by atoms with Crippen LogP contribution in [0.1, 0.15) is 49.3 Å². The van der Waals surface area contributed by atoms with Gasteiger partial charge in [-0.3, -0.25) is 9.63 Å². The molecule has 176 valence electrons. The smallest absolute Gasteiger partial charge is 0.249 e. The first-order valence-electron chi connectivity index (χ1n) is 11.4. The number of nitrogens with zero attached hydrogens (tertiary/aromatic N) is 4. The summed E-state index contributed by atoms with van der Waals surface area (Å²) in [7, 11) is 0. The largest absolute Gasteiger partial charge is 0.330 e. The minimum Gasteiger partial charge on any atom is -0.330 e. The second kappa shape index (κ2) is 9.11. The molecule has 5 rings (SSSR count). The summed E-state index contributed by atoms with van der Waals surface area (Å²) in [6.45, 7) is 0.968. The van der Waals surface area contributed by atoms with Crippen LogP contribution < -0.4 is 0 Å². The van der Waals surface area contributed by atoms with Gasteiger partial charge in [0.2, 0.25) is 5.91 Å². The van der Waals surface area contributed by atoms with Gasteiger partial charge in [-0.15, -0.1) is 0 Å². The van der Waals surface area contributed by atoms with E-state index in [1.807, 2.05) is 10.6 Å². The van der Waals surface area contributed by atoms with Crippen LogP contribution in [-0.2, 0) is 16.2 Å². The summed E-state index contributed by atoms with van der Waals surface area (Å²) in [5, 5.41) is 10.3. The fraction of sp³-hybridized carbons (Fsp3) is 0.400. The molecule has 0 N–H and O–H groups in total. The fourth-order valence-corrected chi connectivity index (χ4v) is 5.12. The first-order chi connectivity index (χ1) is 16.4. The van der Waals surface area contributed by atoms with Crippen molar-refractivity contribution >= 4 is 16.9 Å². The lowest BCUT2D eigenvalue weighted by atomic mass is 9.81. The Bertz CT molecular complexity index is 1260. The molecular formula is C25H23F3N4O2. The summed E-state index contributed by atoms with van der Waals surface area (Å²) < 4.78 is 43.4. The van der Waals surface area contributed by atoms with E-state index < -0.39 is 23.5 Å². The highest BCUT2D eigenvalue weighted by atomic mass is 19.1. The van der Waals surface area contributed by atoms with E-state index in [4.69, 9.17) is 10.1 Å². The molecule has 6 nitrogen and oxygen atoms in total. The number of carbonyl (C=O) groups excluding carboxylic acids is 1. The molecule has 1 aromatic heterocycles. The number of amides is 1. The SMILES string of the molecule is N#Cc1cc2ncn(C[C@H]3CC[C@H](C(=O)N4OCC[C@H]4c4cc(F)cc(F)c4)CC3)c2cc1F. The van der Waals surface area contributed by atoms with Crippen LogP contribution in [0.15, 0.2) is 36.7 Å². The number of nitriles is 1. The van der Waals surface area contributed by atoms with E-state index in [-0.39, 0.29) is 17.4 Å². The Balaban J connectivity index is 1.23. The average Bonchev–Trinajstić information content (AvgIpc) is 3.45. The summed E-state index contributed by atoms with van der Waals surface area (Å²) in [5.74, 6) is -1.98. The topological polar surface area (TPSA) is 71.2 Å². The van der Waals surface area contributed by atoms with Crippen LogP contribution in [0.2, 0.25) is 0 Å². The van der Waals surface area contributed by atoms with E-state index in [0.29, 0.717) is 54.9 Å². The number of imidazole rings is 1. The Kier molecular flexibility index (Phi) is 6.00. The van der Waals surface area contributed by atoms with E-state index in [0.717, 1.165) is 18.9 Å². The summed E-state index contributed by atoms with van der Waals surface area (Å²) in [4.78, 5) is 23.0. The molecule has 3 aromatic rings. The van der Waals surface area contributed by atoms with E-state index in [9.17, 15) is 18.0 Å². The number of carbonyl (C=O) groups is 1. The third kappa shape index (κ3) is 4.26. The molecule has 2 aliphatic rings. The highest BCUT2D eigenvalue weighted by Crippen LogP contribution is 2.37. The molecule has 1 atom stereocenters. The lowest BCUT2D eigenvalue weighted by Gasteiger charge is -2.32. The summed E-state index contributed by atoms with van der Waals surface area (Å²) >= 11 is 0. The standard InChI is InChI=1S/C25H23F3N4O2/c26-19-7-17(8-20(27)10-19)23-5-6-34-32(23)25(33)16-3-1-15(2-4-16)13-31-14-30-22-9-18(12-29)21(28)11-24(22)31/h7-11,14-16,23H,1-6,13H2/t15-,16-,23-/m0/s1. The molecule has 0 spiro atoms. The molecule has 34 heavy (non-hydrogen) atoms. The van der Waals surface area contributed by atoms with E-state index in [2.05, 4.69) is 4.98 Å². The Hall–Kier alpha value is -3.38. The maximum absolute atomic E-state index is 14.1. The zero-order chi connectivity index (χ0) is 23.8. The van der Waals surface area contributed by atoms with E-state index in [1.54, 1.807) is 6.33 Å². The number of halogens is 3. The number of fused-ring (bicyclic) bond motifs is 1. The van der Waals surface area contributed by atoms with Crippen LogP contribution in [0.5, 0.6) is 0 Å². The van der Waals surface area contributed by atoms with Crippen molar-refractivity contribution in [3.8, 4) is 6.07 Å². The number of hydrogen-bond donors (Lipinski definition) is 0. The van der Waals surface area contributed by atoms with Crippen LogP contribution in [0, 0.1) is 40.6 Å². The van der Waals surface area contributed by atoms with E-state index in [1.165, 1.54) is 29.3 Å². The number of hydrogen-bond acceptors (Lipinski definition) is 4. The van der Waals surface area contributed by atoms with Crippen LogP contribution in [0.4, 0.5) is 13.2 Å². The van der Waals surface area contributed by atoms with Gasteiger partial charge in [0.05, 0.1) is 35.6 Å². The highest BCUT2D eigenvalue weighted by Gasteiger charge is 2.37. The molecule has 0 bridgehead atoms. The van der Waals surface area contributed by atoms with Gasteiger partial charge in [0.1, 0.15) is 23.5 Å². The lowest BCUT2D eigenvalue weighted by molar-refractivity contribution is -0.183. The second-order valence-corrected chi connectivity index (χ2v) is 9.05. The van der Waals surface area contributed by atoms with Gasteiger partial charge >= 0.3 is 0 Å². The van der Waals surface area contributed by atoms with Crippen LogP contribution in [0.25, 0.3) is 11.0 Å². The second-order valence-electron chi connectivity index (χ2n) is 9.05. The highest BCUT2D eigenvalue weighted by molar-refractivity contribution is 5.79. The molecular weight excluding hydrogens is 445 g/mol. The maximum atomic E-state index is 14.1. The fourth-order valence-electron chi connectivity index (χ4n) is 5.12. The summed E-state index contributed by atoms with van der Waals surface area (Å²) in [6.07, 6.45) is 5.11. The normalized spacial score (nSPS) is 22.8. The summed E-state index contributed by atoms with van der Waals surface area (Å²) in [6, 6.07) is 7.43. The zero-order valence-corrected chi connectivity index (χ0v) is 18.4. The number of benzene rings is 2. The van der Waals surface area contributed by atoms with E-state index >= 15 is 0 Å². The first-order valence-corrected chi connectivity index (χ1v) is 11.4. The number of aromatic nitrogens is 2. The van der Waals surface area contributed by atoms with Crippen molar-refractivity contribution in [3.05, 3.63) is 65.2 Å². The third-order valence-corrected chi connectivity index (χ3v) is 6.87. The summed E-state index contributed by atoms with van der Waals surface area (Å²) in [5.41, 5.74) is 1.59. The van der Waals surface area contributed by atoms with Crippen LogP contribution in [0.3, 0.4) is 0 Å². The third-order valence-electron chi connectivity index (χ3n) is 6.87. The van der Waals surface area contributed by atoms with Gasteiger partial charge in [-0.2, -0.15) is 5.26 Å². The van der Waals surface area contributed by atoms with Crippen molar-refractivity contribution in [1.82, 2.24) is 14.6 Å². The lowest BCUT2D eigenvalue weighted by Crippen LogP contribution is -2.37. The number of rotatable bonds is 4. The van der Waals surface area contributed by atoms with Crippen LogP contribution >= 0.6 is 0 Å².